The van der Waals surface area contributed by atoms with Crippen molar-refractivity contribution in [3.05, 3.63) is 23.8 Å². The highest BCUT2D eigenvalue weighted by molar-refractivity contribution is 6.13. The second-order valence-corrected chi connectivity index (χ2v) is 5.87. The first kappa shape index (κ1) is 14.1. The maximum absolute atomic E-state index is 11.7. The molecule has 0 radical (unpaired) electrons. The molecule has 1 saturated carbocycles. The first-order valence-corrected chi connectivity index (χ1v) is 7.62. The van der Waals surface area contributed by atoms with Crippen LogP contribution < -0.4 is 16.0 Å². The van der Waals surface area contributed by atoms with Crippen LogP contribution in [0.5, 0.6) is 0 Å². The highest BCUT2D eigenvalue weighted by Crippen LogP contribution is 2.38. The third-order valence-electron chi connectivity index (χ3n) is 4.03. The Labute approximate surface area is 124 Å². The number of hydrogen-bond acceptors (Lipinski definition) is 3. The van der Waals surface area contributed by atoms with Crippen molar-refractivity contribution in [3.8, 4) is 0 Å². The van der Waals surface area contributed by atoms with Gasteiger partial charge in [-0.25, -0.2) is 0 Å². The Hall–Kier alpha value is -1.88. The molecule has 3 N–H and O–H groups in total. The quantitative estimate of drug-likeness (QED) is 0.728. The first-order chi connectivity index (χ1) is 10.2. The fourth-order valence-corrected chi connectivity index (χ4v) is 2.80. The van der Waals surface area contributed by atoms with E-state index in [4.69, 9.17) is 0 Å². The van der Waals surface area contributed by atoms with Crippen LogP contribution in [0.4, 0.5) is 11.4 Å². The van der Waals surface area contributed by atoms with Crippen molar-refractivity contribution in [1.29, 1.82) is 0 Å². The van der Waals surface area contributed by atoms with Gasteiger partial charge < -0.3 is 16.0 Å². The zero-order valence-corrected chi connectivity index (χ0v) is 12.2. The maximum atomic E-state index is 11.7. The summed E-state index contributed by atoms with van der Waals surface area (Å²) in [7, 11) is 0. The number of amides is 2. The largest absolute Gasteiger partial charge is 0.324 e. The molecule has 0 bridgehead atoms. The van der Waals surface area contributed by atoms with Gasteiger partial charge in [0.15, 0.2) is 0 Å². The summed E-state index contributed by atoms with van der Waals surface area (Å²) in [6, 6.07) is 6.20. The van der Waals surface area contributed by atoms with Crippen molar-refractivity contribution in [2.75, 3.05) is 17.2 Å². The van der Waals surface area contributed by atoms with Gasteiger partial charge in [-0.1, -0.05) is 25.8 Å². The van der Waals surface area contributed by atoms with Gasteiger partial charge in [0.2, 0.25) is 11.8 Å². The second kappa shape index (κ2) is 5.85. The van der Waals surface area contributed by atoms with Crippen molar-refractivity contribution in [2.45, 2.75) is 38.6 Å². The zero-order chi connectivity index (χ0) is 14.8. The van der Waals surface area contributed by atoms with Crippen LogP contribution in [-0.4, -0.2) is 18.4 Å². The van der Waals surface area contributed by atoms with Crippen molar-refractivity contribution >= 4 is 23.2 Å². The molecule has 1 aromatic rings. The van der Waals surface area contributed by atoms with E-state index in [0.29, 0.717) is 17.4 Å². The van der Waals surface area contributed by atoms with Crippen LogP contribution in [0, 0.1) is 5.92 Å². The Kier molecular flexibility index (Phi) is 3.92. The van der Waals surface area contributed by atoms with E-state index >= 15 is 0 Å². The molecule has 5 heteroatoms. The third-order valence-corrected chi connectivity index (χ3v) is 4.03. The van der Waals surface area contributed by atoms with Crippen LogP contribution in [0.1, 0.15) is 44.2 Å². The molecule has 5 nitrogen and oxygen atoms in total. The fourth-order valence-electron chi connectivity index (χ4n) is 2.80. The van der Waals surface area contributed by atoms with Crippen molar-refractivity contribution in [2.24, 2.45) is 5.92 Å². The van der Waals surface area contributed by atoms with Gasteiger partial charge in [-0.05, 0) is 36.6 Å². The molecule has 0 spiro atoms. The molecule has 1 heterocycles. The molecule has 1 aliphatic heterocycles. The van der Waals surface area contributed by atoms with E-state index in [-0.39, 0.29) is 18.2 Å². The summed E-state index contributed by atoms with van der Waals surface area (Å²) >= 11 is 0. The van der Waals surface area contributed by atoms with Gasteiger partial charge in [0.25, 0.3) is 0 Å². The van der Waals surface area contributed by atoms with Gasteiger partial charge in [-0.15, -0.1) is 0 Å². The smallest absolute Gasteiger partial charge is 0.233 e. The van der Waals surface area contributed by atoms with Gasteiger partial charge in [-0.2, -0.15) is 0 Å². The molecule has 21 heavy (non-hydrogen) atoms. The molecule has 1 atom stereocenters. The van der Waals surface area contributed by atoms with Crippen molar-refractivity contribution in [3.63, 3.8) is 0 Å². The van der Waals surface area contributed by atoms with Gasteiger partial charge in [0.05, 0.1) is 11.4 Å². The van der Waals surface area contributed by atoms with Crippen LogP contribution in [0.25, 0.3) is 0 Å². The lowest BCUT2D eigenvalue weighted by Gasteiger charge is -2.20. The molecule has 0 aromatic heterocycles. The number of hydrogen-bond donors (Lipinski definition) is 3. The average molecular weight is 287 g/mol. The summed E-state index contributed by atoms with van der Waals surface area (Å²) in [5, 5.41) is 9.08. The van der Waals surface area contributed by atoms with Crippen LogP contribution in [0.3, 0.4) is 0 Å². The third kappa shape index (κ3) is 3.42. The van der Waals surface area contributed by atoms with Crippen LogP contribution in [-0.2, 0) is 9.59 Å². The van der Waals surface area contributed by atoms with E-state index < -0.39 is 0 Å². The van der Waals surface area contributed by atoms with E-state index in [1.165, 1.54) is 18.4 Å². The van der Waals surface area contributed by atoms with Crippen LogP contribution in [0.15, 0.2) is 18.2 Å². The second-order valence-electron chi connectivity index (χ2n) is 5.87. The Morgan fingerprint density at radius 3 is 2.57 bits per heavy atom. The summed E-state index contributed by atoms with van der Waals surface area (Å²) in [4.78, 5) is 23.2. The Morgan fingerprint density at radius 2 is 1.90 bits per heavy atom. The summed E-state index contributed by atoms with van der Waals surface area (Å²) in [6.45, 7) is 3.02. The molecule has 0 saturated heterocycles. The summed E-state index contributed by atoms with van der Waals surface area (Å²) in [6.07, 6.45) is 3.65. The molecular formula is C16H21N3O2. The van der Waals surface area contributed by atoms with Gasteiger partial charge in [0, 0.05) is 6.04 Å². The molecule has 1 unspecified atom stereocenters. The van der Waals surface area contributed by atoms with Gasteiger partial charge >= 0.3 is 0 Å². The lowest BCUT2D eigenvalue weighted by atomic mass is 10.00. The minimum atomic E-state index is -0.264. The lowest BCUT2D eigenvalue weighted by Crippen LogP contribution is -2.21. The zero-order valence-electron chi connectivity index (χ0n) is 12.2. The number of anilines is 2. The van der Waals surface area contributed by atoms with E-state index in [0.717, 1.165) is 18.9 Å². The highest BCUT2D eigenvalue weighted by Gasteiger charge is 2.27. The standard InChI is InChI=1S/C16H21N3O2/c1-2-17-13(7-10-3-4-10)11-5-6-12-14(8-11)19-16(21)9-15(20)18-12/h5-6,8,10,13,17H,2-4,7,9H2,1H3,(H,18,20)(H,19,21). The SMILES string of the molecule is CCNC(CC1CC1)c1ccc2c(c1)NC(=O)CC(=O)N2. The average Bonchev–Trinajstić information content (AvgIpc) is 3.24. The minimum Gasteiger partial charge on any atom is -0.324 e. The van der Waals surface area contributed by atoms with E-state index in [2.05, 4.69) is 22.9 Å². The molecule has 2 aliphatic rings. The number of fused-ring (bicyclic) bond motifs is 1. The van der Waals surface area contributed by atoms with E-state index in [1.54, 1.807) is 0 Å². The molecule has 1 aliphatic carbocycles. The number of rotatable bonds is 5. The predicted molar refractivity (Wildman–Crippen MR) is 82.1 cm³/mol. The van der Waals surface area contributed by atoms with Gasteiger partial charge in [-0.3, -0.25) is 9.59 Å². The molecular weight excluding hydrogens is 266 g/mol. The maximum Gasteiger partial charge on any atom is 0.233 e. The fraction of sp³-hybridized carbons (Fsp3) is 0.500. The molecule has 1 fully saturated rings. The van der Waals surface area contributed by atoms with E-state index in [9.17, 15) is 9.59 Å². The topological polar surface area (TPSA) is 70.2 Å². The highest BCUT2D eigenvalue weighted by atomic mass is 16.2. The van der Waals surface area contributed by atoms with Crippen molar-refractivity contribution in [1.82, 2.24) is 5.32 Å². The Balaban J connectivity index is 1.85. The molecule has 2 amide bonds. The normalized spacial score (nSPS) is 19.3. The minimum absolute atomic E-state index is 0.122. The number of nitrogens with one attached hydrogen (secondary N) is 3. The summed E-state index contributed by atoms with van der Waals surface area (Å²) in [5.74, 6) is 0.299. The van der Waals surface area contributed by atoms with Crippen LogP contribution in [0.2, 0.25) is 0 Å². The first-order valence-electron chi connectivity index (χ1n) is 7.62. The molecule has 3 rings (SSSR count). The lowest BCUT2D eigenvalue weighted by molar-refractivity contribution is -0.123. The number of carbonyl (C=O) groups excluding carboxylic acids is 2. The Bertz CT molecular complexity index is 567. The Morgan fingerprint density at radius 1 is 1.19 bits per heavy atom. The van der Waals surface area contributed by atoms with Crippen molar-refractivity contribution < 1.29 is 9.59 Å². The predicted octanol–water partition coefficient (Wildman–Crippen LogP) is 2.42. The molecule has 112 valence electrons. The number of benzene rings is 1. The molecule has 1 aromatic carbocycles. The number of carbonyl (C=O) groups is 2. The monoisotopic (exact) mass is 287 g/mol. The van der Waals surface area contributed by atoms with E-state index in [1.807, 2.05) is 18.2 Å². The van der Waals surface area contributed by atoms with Crippen LogP contribution >= 0.6 is 0 Å². The van der Waals surface area contributed by atoms with Gasteiger partial charge in [0.1, 0.15) is 6.42 Å². The summed E-state index contributed by atoms with van der Waals surface area (Å²) < 4.78 is 0. The summed E-state index contributed by atoms with van der Waals surface area (Å²) in [5.41, 5.74) is 2.54.